The third-order valence-electron chi connectivity index (χ3n) is 4.72. The molecule has 0 aliphatic carbocycles. The van der Waals surface area contributed by atoms with E-state index in [1.807, 2.05) is 67.1 Å². The van der Waals surface area contributed by atoms with E-state index in [9.17, 15) is 4.79 Å². The zero-order valence-electron chi connectivity index (χ0n) is 17.4. The molecule has 7 heteroatoms. The van der Waals surface area contributed by atoms with E-state index in [4.69, 9.17) is 4.74 Å². The number of hydrogen-bond acceptors (Lipinski definition) is 5. The van der Waals surface area contributed by atoms with E-state index in [1.54, 1.807) is 24.4 Å². The van der Waals surface area contributed by atoms with Crippen LogP contribution < -0.4 is 10.1 Å². The Balaban J connectivity index is 1.38. The number of imidazole rings is 1. The first-order valence-corrected chi connectivity index (χ1v) is 10.0. The number of ether oxygens (including phenoxy) is 1. The van der Waals surface area contributed by atoms with Gasteiger partial charge in [0, 0.05) is 30.6 Å². The molecule has 4 rings (SSSR count). The van der Waals surface area contributed by atoms with Crippen molar-refractivity contribution in [3.8, 4) is 17.4 Å². The number of hydrogen-bond donors (Lipinski definition) is 1. The van der Waals surface area contributed by atoms with Crippen molar-refractivity contribution in [2.75, 3.05) is 5.32 Å². The highest BCUT2D eigenvalue weighted by Crippen LogP contribution is 2.23. The van der Waals surface area contributed by atoms with Gasteiger partial charge in [0.2, 0.25) is 11.8 Å². The van der Waals surface area contributed by atoms with Crippen molar-refractivity contribution >= 4 is 11.6 Å². The van der Waals surface area contributed by atoms with Gasteiger partial charge >= 0.3 is 0 Å². The van der Waals surface area contributed by atoms with E-state index in [1.165, 1.54) is 0 Å². The molecule has 2 heterocycles. The van der Waals surface area contributed by atoms with Gasteiger partial charge in [0.05, 0.1) is 0 Å². The summed E-state index contributed by atoms with van der Waals surface area (Å²) in [5.41, 5.74) is 1.87. The molecule has 0 spiro atoms. The molecule has 0 saturated heterocycles. The fraction of sp³-hybridized carbons (Fsp3) is 0.167. The summed E-state index contributed by atoms with van der Waals surface area (Å²) in [7, 11) is 0. The number of carbonyl (C=O) groups is 1. The molecule has 2 aromatic carbocycles. The molecule has 4 aromatic rings. The van der Waals surface area contributed by atoms with E-state index in [-0.39, 0.29) is 5.91 Å². The monoisotopic (exact) mass is 413 g/mol. The first-order chi connectivity index (χ1) is 15.1. The van der Waals surface area contributed by atoms with Crippen LogP contribution >= 0.6 is 0 Å². The fourth-order valence-corrected chi connectivity index (χ4v) is 3.17. The highest BCUT2D eigenvalue weighted by atomic mass is 16.5. The first-order valence-electron chi connectivity index (χ1n) is 10.0. The number of anilines is 1. The molecular weight excluding hydrogens is 390 g/mol. The Hall–Kier alpha value is -4.00. The second-order valence-electron chi connectivity index (χ2n) is 7.12. The van der Waals surface area contributed by atoms with Gasteiger partial charge in [-0.15, -0.1) is 0 Å². The number of nitrogens with zero attached hydrogens (tertiary/aromatic N) is 4. The van der Waals surface area contributed by atoms with Crippen molar-refractivity contribution in [2.24, 2.45) is 0 Å². The van der Waals surface area contributed by atoms with Crippen LogP contribution in [0.1, 0.15) is 23.6 Å². The van der Waals surface area contributed by atoms with Gasteiger partial charge in [0.1, 0.15) is 23.2 Å². The predicted molar refractivity (Wildman–Crippen MR) is 119 cm³/mol. The lowest BCUT2D eigenvalue weighted by Crippen LogP contribution is -2.12. The van der Waals surface area contributed by atoms with Crippen LogP contribution in [0, 0.1) is 13.8 Å². The first kappa shape index (κ1) is 20.3. The molecule has 2 aromatic heterocycles. The van der Waals surface area contributed by atoms with Crippen LogP contribution in [0.2, 0.25) is 0 Å². The number of amides is 1. The van der Waals surface area contributed by atoms with Crippen LogP contribution in [0.4, 0.5) is 5.69 Å². The van der Waals surface area contributed by atoms with Crippen LogP contribution in [0.3, 0.4) is 0 Å². The number of benzene rings is 2. The molecule has 31 heavy (non-hydrogen) atoms. The zero-order valence-corrected chi connectivity index (χ0v) is 17.4. The smallest absolute Gasteiger partial charge is 0.224 e. The Morgan fingerprint density at radius 1 is 1.03 bits per heavy atom. The average molecular weight is 413 g/mol. The summed E-state index contributed by atoms with van der Waals surface area (Å²) in [5.74, 6) is 3.16. The van der Waals surface area contributed by atoms with Crippen LogP contribution in [-0.4, -0.2) is 25.4 Å². The van der Waals surface area contributed by atoms with Crippen molar-refractivity contribution in [1.82, 2.24) is 19.5 Å². The minimum Gasteiger partial charge on any atom is -0.439 e. The van der Waals surface area contributed by atoms with Crippen molar-refractivity contribution in [2.45, 2.75) is 26.7 Å². The van der Waals surface area contributed by atoms with E-state index in [2.05, 4.69) is 20.3 Å². The second kappa shape index (κ2) is 9.21. The summed E-state index contributed by atoms with van der Waals surface area (Å²) in [4.78, 5) is 25.2. The number of carbonyl (C=O) groups excluding carboxylic acids is 1. The van der Waals surface area contributed by atoms with E-state index in [0.717, 1.165) is 17.1 Å². The van der Waals surface area contributed by atoms with Crippen molar-refractivity contribution in [3.05, 3.63) is 90.3 Å². The van der Waals surface area contributed by atoms with Crippen LogP contribution in [0.25, 0.3) is 5.82 Å². The maximum atomic E-state index is 12.2. The summed E-state index contributed by atoms with van der Waals surface area (Å²) < 4.78 is 7.78. The second-order valence-corrected chi connectivity index (χ2v) is 7.12. The Labute approximate surface area is 180 Å². The SMILES string of the molecule is Cc1nc(Oc2ccc(NC(=O)CCc3ccccc3)cc2)cc(-n2ccnc2C)n1. The Morgan fingerprint density at radius 3 is 2.52 bits per heavy atom. The van der Waals surface area contributed by atoms with E-state index in [0.29, 0.717) is 36.1 Å². The van der Waals surface area contributed by atoms with Crippen molar-refractivity contribution in [3.63, 3.8) is 0 Å². The predicted octanol–water partition coefficient (Wildman–Crippen LogP) is 4.64. The minimum absolute atomic E-state index is 0.0238. The quantitative estimate of drug-likeness (QED) is 0.477. The Morgan fingerprint density at radius 2 is 1.81 bits per heavy atom. The maximum absolute atomic E-state index is 12.2. The average Bonchev–Trinajstić information content (AvgIpc) is 3.20. The molecule has 7 nitrogen and oxygen atoms in total. The summed E-state index contributed by atoms with van der Waals surface area (Å²) >= 11 is 0. The lowest BCUT2D eigenvalue weighted by Gasteiger charge is -2.10. The molecule has 0 saturated carbocycles. The largest absolute Gasteiger partial charge is 0.439 e. The molecule has 0 unspecified atom stereocenters. The highest BCUT2D eigenvalue weighted by molar-refractivity contribution is 5.90. The molecule has 0 atom stereocenters. The number of aryl methyl sites for hydroxylation is 3. The normalized spacial score (nSPS) is 10.6. The van der Waals surface area contributed by atoms with E-state index >= 15 is 0 Å². The molecule has 0 radical (unpaired) electrons. The number of nitrogens with one attached hydrogen (secondary N) is 1. The van der Waals surface area contributed by atoms with Crippen molar-refractivity contribution < 1.29 is 9.53 Å². The van der Waals surface area contributed by atoms with Gasteiger partial charge in [-0.1, -0.05) is 30.3 Å². The Kier molecular flexibility index (Phi) is 6.03. The van der Waals surface area contributed by atoms with Crippen molar-refractivity contribution in [1.29, 1.82) is 0 Å². The molecule has 0 fully saturated rings. The summed E-state index contributed by atoms with van der Waals surface area (Å²) in [5, 5.41) is 2.92. The zero-order chi connectivity index (χ0) is 21.6. The third-order valence-corrected chi connectivity index (χ3v) is 4.72. The highest BCUT2D eigenvalue weighted by Gasteiger charge is 2.09. The van der Waals surface area contributed by atoms with Crippen LogP contribution in [0.5, 0.6) is 11.6 Å². The fourth-order valence-electron chi connectivity index (χ4n) is 3.17. The third kappa shape index (κ3) is 5.33. The van der Waals surface area contributed by atoms with E-state index < -0.39 is 0 Å². The molecule has 1 N–H and O–H groups in total. The maximum Gasteiger partial charge on any atom is 0.224 e. The molecule has 0 bridgehead atoms. The summed E-state index contributed by atoms with van der Waals surface area (Å²) in [6.07, 6.45) is 4.70. The van der Waals surface area contributed by atoms with Gasteiger partial charge in [-0.05, 0) is 50.1 Å². The summed E-state index contributed by atoms with van der Waals surface area (Å²) in [6, 6.07) is 18.9. The lowest BCUT2D eigenvalue weighted by molar-refractivity contribution is -0.116. The summed E-state index contributed by atoms with van der Waals surface area (Å²) in [6.45, 7) is 3.72. The minimum atomic E-state index is -0.0238. The van der Waals surface area contributed by atoms with Gasteiger partial charge in [0.25, 0.3) is 0 Å². The van der Waals surface area contributed by atoms with Gasteiger partial charge in [-0.2, -0.15) is 4.98 Å². The molecule has 1 amide bonds. The number of aromatic nitrogens is 4. The van der Waals surface area contributed by atoms with Crippen LogP contribution in [-0.2, 0) is 11.2 Å². The topological polar surface area (TPSA) is 81.9 Å². The lowest BCUT2D eigenvalue weighted by atomic mass is 10.1. The molecule has 0 aliphatic rings. The standard InChI is InChI=1S/C24H23N5O2/c1-17-26-22(29-15-14-25-18(29)2)16-24(27-17)31-21-11-9-20(10-12-21)28-23(30)13-8-19-6-4-3-5-7-19/h3-7,9-12,14-16H,8,13H2,1-2H3,(H,28,30). The van der Waals surface area contributed by atoms with Gasteiger partial charge < -0.3 is 10.1 Å². The van der Waals surface area contributed by atoms with Gasteiger partial charge in [0.15, 0.2) is 0 Å². The number of rotatable bonds is 7. The molecule has 0 aliphatic heterocycles. The molecular formula is C24H23N5O2. The molecule has 156 valence electrons. The van der Waals surface area contributed by atoms with Gasteiger partial charge in [-0.3, -0.25) is 9.36 Å². The van der Waals surface area contributed by atoms with Gasteiger partial charge in [-0.25, -0.2) is 9.97 Å². The Bertz CT molecular complexity index is 1170. The van der Waals surface area contributed by atoms with Crippen LogP contribution in [0.15, 0.2) is 73.1 Å².